The van der Waals surface area contributed by atoms with Crippen LogP contribution in [0, 0.1) is 6.92 Å². The first-order chi connectivity index (χ1) is 8.53. The van der Waals surface area contributed by atoms with Crippen molar-refractivity contribution >= 4 is 21.8 Å². The number of rotatable bonds is 4. The molecule has 1 aliphatic rings. The van der Waals surface area contributed by atoms with Crippen LogP contribution in [0.25, 0.3) is 0 Å². The fraction of sp³-hybridized carbons (Fsp3) is 0.500. The first kappa shape index (κ1) is 13.9. The highest BCUT2D eigenvalue weighted by Crippen LogP contribution is 2.21. The maximum absolute atomic E-state index is 12.2. The Morgan fingerprint density at radius 3 is 2.89 bits per heavy atom. The minimum atomic E-state index is -3.47. The highest BCUT2D eigenvalue weighted by Gasteiger charge is 2.23. The van der Waals surface area contributed by atoms with E-state index in [1.54, 1.807) is 30.0 Å². The predicted octanol–water partition coefficient (Wildman–Crippen LogP) is 1.27. The molecule has 0 spiro atoms. The standard InChI is InChI=1S/C12H17NO3S2/c1-9-2-3-12(6-10(9)7-14)18(15,16)13-11-4-5-17-8-11/h2-3,6,11,13-14H,4-5,7-8H2,1H3. The molecule has 1 unspecified atom stereocenters. The van der Waals surface area contributed by atoms with Crippen molar-refractivity contribution in [3.8, 4) is 0 Å². The van der Waals surface area contributed by atoms with Crippen molar-refractivity contribution in [3.63, 3.8) is 0 Å². The predicted molar refractivity (Wildman–Crippen MR) is 73.2 cm³/mol. The summed E-state index contributed by atoms with van der Waals surface area (Å²) in [4.78, 5) is 0.231. The van der Waals surface area contributed by atoms with E-state index in [9.17, 15) is 13.5 Å². The second-order valence-corrected chi connectivity index (χ2v) is 7.29. The van der Waals surface area contributed by atoms with Gasteiger partial charge in [-0.05, 0) is 42.4 Å². The molecule has 6 heteroatoms. The molecule has 18 heavy (non-hydrogen) atoms. The molecule has 1 heterocycles. The Hall–Kier alpha value is -0.560. The molecule has 0 amide bonds. The van der Waals surface area contributed by atoms with Gasteiger partial charge in [0.15, 0.2) is 0 Å². The molecule has 1 fully saturated rings. The summed E-state index contributed by atoms with van der Waals surface area (Å²) in [6, 6.07) is 4.88. The number of aliphatic hydroxyl groups excluding tert-OH is 1. The van der Waals surface area contributed by atoms with Crippen molar-refractivity contribution in [2.24, 2.45) is 0 Å². The van der Waals surface area contributed by atoms with Gasteiger partial charge in [0, 0.05) is 11.8 Å². The Morgan fingerprint density at radius 2 is 2.28 bits per heavy atom. The van der Waals surface area contributed by atoms with Gasteiger partial charge in [-0.15, -0.1) is 0 Å². The van der Waals surface area contributed by atoms with E-state index >= 15 is 0 Å². The fourth-order valence-electron chi connectivity index (χ4n) is 1.90. The smallest absolute Gasteiger partial charge is 0.240 e. The van der Waals surface area contributed by atoms with Crippen LogP contribution in [0.4, 0.5) is 0 Å². The van der Waals surface area contributed by atoms with E-state index in [0.717, 1.165) is 23.5 Å². The summed E-state index contributed by atoms with van der Waals surface area (Å²) in [5.41, 5.74) is 1.55. The van der Waals surface area contributed by atoms with Crippen LogP contribution < -0.4 is 4.72 Å². The number of thioether (sulfide) groups is 1. The lowest BCUT2D eigenvalue weighted by atomic mass is 10.1. The summed E-state index contributed by atoms with van der Waals surface area (Å²) in [5.74, 6) is 1.83. The minimum Gasteiger partial charge on any atom is -0.392 e. The minimum absolute atomic E-state index is 0.0267. The van der Waals surface area contributed by atoms with Gasteiger partial charge in [-0.1, -0.05) is 6.07 Å². The van der Waals surface area contributed by atoms with Crippen molar-refractivity contribution in [3.05, 3.63) is 29.3 Å². The number of benzene rings is 1. The van der Waals surface area contributed by atoms with E-state index < -0.39 is 10.0 Å². The van der Waals surface area contributed by atoms with E-state index in [2.05, 4.69) is 4.72 Å². The molecule has 1 aromatic carbocycles. The Balaban J connectivity index is 2.23. The van der Waals surface area contributed by atoms with Crippen molar-refractivity contribution in [1.82, 2.24) is 4.72 Å². The van der Waals surface area contributed by atoms with Gasteiger partial charge in [0.2, 0.25) is 10.0 Å². The number of hydrogen-bond donors (Lipinski definition) is 2. The molecule has 1 aromatic rings. The molecule has 1 atom stereocenters. The molecule has 100 valence electrons. The molecule has 0 aliphatic carbocycles. The zero-order valence-corrected chi connectivity index (χ0v) is 11.9. The van der Waals surface area contributed by atoms with Crippen molar-refractivity contribution < 1.29 is 13.5 Å². The number of sulfonamides is 1. The van der Waals surface area contributed by atoms with Crippen LogP contribution in [-0.2, 0) is 16.6 Å². The Labute approximate surface area is 112 Å². The molecular formula is C12H17NO3S2. The van der Waals surface area contributed by atoms with Crippen molar-refractivity contribution in [2.45, 2.75) is 30.9 Å². The molecule has 2 N–H and O–H groups in total. The zero-order chi connectivity index (χ0) is 13.2. The largest absolute Gasteiger partial charge is 0.392 e. The van der Waals surface area contributed by atoms with Crippen LogP contribution in [0.2, 0.25) is 0 Å². The molecule has 2 rings (SSSR count). The van der Waals surface area contributed by atoms with Gasteiger partial charge in [-0.3, -0.25) is 0 Å². The Bertz CT molecular complexity index is 522. The highest BCUT2D eigenvalue weighted by atomic mass is 32.2. The van der Waals surface area contributed by atoms with Crippen LogP contribution >= 0.6 is 11.8 Å². The van der Waals surface area contributed by atoms with Crippen LogP contribution in [0.5, 0.6) is 0 Å². The Kier molecular flexibility index (Phi) is 4.32. The molecule has 0 aromatic heterocycles. The van der Waals surface area contributed by atoms with E-state index in [-0.39, 0.29) is 17.5 Å². The average Bonchev–Trinajstić information content (AvgIpc) is 2.81. The van der Waals surface area contributed by atoms with Gasteiger partial charge in [-0.25, -0.2) is 13.1 Å². The monoisotopic (exact) mass is 287 g/mol. The third-order valence-corrected chi connectivity index (χ3v) is 5.73. The third-order valence-electron chi connectivity index (χ3n) is 3.05. The van der Waals surface area contributed by atoms with Gasteiger partial charge in [-0.2, -0.15) is 11.8 Å². The highest BCUT2D eigenvalue weighted by molar-refractivity contribution is 7.99. The lowest BCUT2D eigenvalue weighted by Gasteiger charge is -2.13. The van der Waals surface area contributed by atoms with E-state index in [4.69, 9.17) is 0 Å². The topological polar surface area (TPSA) is 66.4 Å². The summed E-state index contributed by atoms with van der Waals surface area (Å²) in [6.45, 7) is 1.71. The van der Waals surface area contributed by atoms with E-state index in [1.165, 1.54) is 0 Å². The summed E-state index contributed by atoms with van der Waals surface area (Å²) in [7, 11) is -3.47. The third kappa shape index (κ3) is 3.06. The summed E-state index contributed by atoms with van der Waals surface area (Å²) >= 11 is 1.76. The van der Waals surface area contributed by atoms with E-state index in [0.29, 0.717) is 5.56 Å². The maximum Gasteiger partial charge on any atom is 0.240 e. The maximum atomic E-state index is 12.2. The first-order valence-electron chi connectivity index (χ1n) is 5.83. The molecule has 0 saturated carbocycles. The molecule has 4 nitrogen and oxygen atoms in total. The molecular weight excluding hydrogens is 270 g/mol. The number of aliphatic hydroxyl groups is 1. The molecule has 0 radical (unpaired) electrons. The van der Waals surface area contributed by atoms with Crippen LogP contribution in [0.1, 0.15) is 17.5 Å². The van der Waals surface area contributed by atoms with Gasteiger partial charge < -0.3 is 5.11 Å². The number of hydrogen-bond acceptors (Lipinski definition) is 4. The van der Waals surface area contributed by atoms with Crippen molar-refractivity contribution in [1.29, 1.82) is 0 Å². The van der Waals surface area contributed by atoms with Crippen LogP contribution in [0.15, 0.2) is 23.1 Å². The van der Waals surface area contributed by atoms with Gasteiger partial charge in [0.1, 0.15) is 0 Å². The summed E-state index contributed by atoms with van der Waals surface area (Å²) in [5, 5.41) is 9.17. The summed E-state index contributed by atoms with van der Waals surface area (Å²) in [6.07, 6.45) is 0.878. The Morgan fingerprint density at radius 1 is 1.50 bits per heavy atom. The zero-order valence-electron chi connectivity index (χ0n) is 10.2. The lowest BCUT2D eigenvalue weighted by Crippen LogP contribution is -2.34. The van der Waals surface area contributed by atoms with Gasteiger partial charge in [0.25, 0.3) is 0 Å². The van der Waals surface area contributed by atoms with Gasteiger partial charge >= 0.3 is 0 Å². The van der Waals surface area contributed by atoms with Gasteiger partial charge in [0.05, 0.1) is 11.5 Å². The lowest BCUT2D eigenvalue weighted by molar-refractivity contribution is 0.280. The SMILES string of the molecule is Cc1ccc(S(=O)(=O)NC2CCSC2)cc1CO. The van der Waals surface area contributed by atoms with Crippen LogP contribution in [0.3, 0.4) is 0 Å². The average molecular weight is 287 g/mol. The van der Waals surface area contributed by atoms with E-state index in [1.807, 2.05) is 6.92 Å². The molecule has 0 bridgehead atoms. The quantitative estimate of drug-likeness (QED) is 0.875. The summed E-state index contributed by atoms with van der Waals surface area (Å²) < 4.78 is 27.0. The second kappa shape index (κ2) is 5.61. The normalized spacial score (nSPS) is 20.2. The second-order valence-electron chi connectivity index (χ2n) is 4.43. The molecule has 1 saturated heterocycles. The van der Waals surface area contributed by atoms with Crippen LogP contribution in [-0.4, -0.2) is 31.1 Å². The molecule has 1 aliphatic heterocycles. The number of nitrogens with one attached hydrogen (secondary N) is 1. The van der Waals surface area contributed by atoms with Crippen molar-refractivity contribution in [2.75, 3.05) is 11.5 Å². The fourth-order valence-corrected chi connectivity index (χ4v) is 4.48. The first-order valence-corrected chi connectivity index (χ1v) is 8.47. The number of aryl methyl sites for hydroxylation is 1.